The Morgan fingerprint density at radius 3 is 2.60 bits per heavy atom. The molecule has 0 aliphatic rings. The minimum absolute atomic E-state index is 0.127. The molecule has 2 aromatic heterocycles. The Kier molecular flexibility index (Phi) is 5.57. The van der Waals surface area contributed by atoms with Gasteiger partial charge in [-0.2, -0.15) is 0 Å². The molecule has 2 aromatic carbocycles. The second-order valence-electron chi connectivity index (χ2n) is 6.79. The highest BCUT2D eigenvalue weighted by molar-refractivity contribution is 5.89. The predicted octanol–water partition coefficient (Wildman–Crippen LogP) is 4.43. The Bertz CT molecular complexity index is 1230. The molecule has 6 nitrogen and oxygen atoms in total. The molecule has 0 saturated heterocycles. The number of ether oxygens (including phenoxy) is 2. The third kappa shape index (κ3) is 4.55. The molecule has 30 heavy (non-hydrogen) atoms. The molecule has 0 radical (unpaired) electrons. The fourth-order valence-electron chi connectivity index (χ4n) is 3.01. The van der Waals surface area contributed by atoms with Gasteiger partial charge in [0.2, 0.25) is 0 Å². The van der Waals surface area contributed by atoms with Crippen LogP contribution in [0, 0.1) is 6.92 Å². The van der Waals surface area contributed by atoms with Crippen molar-refractivity contribution in [2.45, 2.75) is 20.1 Å². The average molecular weight is 401 g/mol. The SMILES string of the molecule is Cc1cc(=O)oc2cc(OCc3ccc(C(=O)OCc4ccccn4)cc3)ccc12. The molecular formula is C24H19NO5. The molecule has 0 amide bonds. The topological polar surface area (TPSA) is 78.6 Å². The lowest BCUT2D eigenvalue weighted by atomic mass is 10.1. The van der Waals surface area contributed by atoms with E-state index in [0.717, 1.165) is 16.5 Å². The predicted molar refractivity (Wildman–Crippen MR) is 111 cm³/mol. The highest BCUT2D eigenvalue weighted by Crippen LogP contribution is 2.23. The summed E-state index contributed by atoms with van der Waals surface area (Å²) in [7, 11) is 0. The number of aryl methyl sites for hydroxylation is 1. The first-order valence-corrected chi connectivity index (χ1v) is 9.42. The number of carbonyl (C=O) groups excluding carboxylic acids is 1. The number of hydrogen-bond donors (Lipinski definition) is 0. The van der Waals surface area contributed by atoms with Gasteiger partial charge in [-0.05, 0) is 54.4 Å². The zero-order valence-electron chi connectivity index (χ0n) is 16.3. The van der Waals surface area contributed by atoms with Crippen LogP contribution in [0.15, 0.2) is 82.1 Å². The van der Waals surface area contributed by atoms with E-state index in [0.29, 0.717) is 29.2 Å². The Hall–Kier alpha value is -3.93. The molecule has 0 atom stereocenters. The second kappa shape index (κ2) is 8.61. The normalized spacial score (nSPS) is 10.7. The third-order valence-electron chi connectivity index (χ3n) is 4.60. The van der Waals surface area contributed by atoms with Crippen LogP contribution in [-0.4, -0.2) is 11.0 Å². The Labute approximate surface area is 172 Å². The monoisotopic (exact) mass is 401 g/mol. The minimum Gasteiger partial charge on any atom is -0.489 e. The van der Waals surface area contributed by atoms with Gasteiger partial charge in [0.05, 0.1) is 11.3 Å². The summed E-state index contributed by atoms with van der Waals surface area (Å²) in [5.74, 6) is 0.183. The van der Waals surface area contributed by atoms with Gasteiger partial charge in [0, 0.05) is 23.7 Å². The Morgan fingerprint density at radius 1 is 1.00 bits per heavy atom. The fourth-order valence-corrected chi connectivity index (χ4v) is 3.01. The summed E-state index contributed by atoms with van der Waals surface area (Å²) in [5, 5.41) is 0.871. The van der Waals surface area contributed by atoms with Crippen molar-refractivity contribution in [2.24, 2.45) is 0 Å². The van der Waals surface area contributed by atoms with Crippen molar-refractivity contribution in [3.63, 3.8) is 0 Å². The van der Waals surface area contributed by atoms with E-state index in [-0.39, 0.29) is 12.2 Å². The van der Waals surface area contributed by atoms with Crippen LogP contribution in [0.4, 0.5) is 0 Å². The van der Waals surface area contributed by atoms with Crippen molar-refractivity contribution in [2.75, 3.05) is 0 Å². The molecule has 2 heterocycles. The lowest BCUT2D eigenvalue weighted by Crippen LogP contribution is -2.06. The molecule has 4 rings (SSSR count). The smallest absolute Gasteiger partial charge is 0.338 e. The van der Waals surface area contributed by atoms with E-state index < -0.39 is 5.97 Å². The molecule has 0 N–H and O–H groups in total. The molecule has 0 spiro atoms. The number of esters is 1. The summed E-state index contributed by atoms with van der Waals surface area (Å²) in [5.41, 5.74) is 3.00. The van der Waals surface area contributed by atoms with Gasteiger partial charge in [0.15, 0.2) is 0 Å². The number of aromatic nitrogens is 1. The molecular weight excluding hydrogens is 382 g/mol. The van der Waals surface area contributed by atoms with E-state index in [1.807, 2.05) is 37.3 Å². The molecule has 0 unspecified atom stereocenters. The number of carbonyl (C=O) groups is 1. The van der Waals surface area contributed by atoms with Crippen LogP contribution in [0.3, 0.4) is 0 Å². The van der Waals surface area contributed by atoms with Gasteiger partial charge < -0.3 is 13.9 Å². The molecule has 150 valence electrons. The standard InChI is InChI=1S/C24H19NO5/c1-16-12-23(26)30-22-13-20(9-10-21(16)22)28-14-17-5-7-18(8-6-17)24(27)29-15-19-4-2-3-11-25-19/h2-13H,14-15H2,1H3. The number of benzene rings is 2. The number of fused-ring (bicyclic) bond motifs is 1. The lowest BCUT2D eigenvalue weighted by molar-refractivity contribution is 0.0467. The minimum atomic E-state index is -0.409. The summed E-state index contributed by atoms with van der Waals surface area (Å²) in [4.78, 5) is 27.9. The van der Waals surface area contributed by atoms with Gasteiger partial charge >= 0.3 is 11.6 Å². The van der Waals surface area contributed by atoms with E-state index in [1.54, 1.807) is 36.5 Å². The van der Waals surface area contributed by atoms with Crippen molar-refractivity contribution < 1.29 is 18.7 Å². The van der Waals surface area contributed by atoms with Gasteiger partial charge in [0.25, 0.3) is 0 Å². The van der Waals surface area contributed by atoms with Gasteiger partial charge in [-0.3, -0.25) is 4.98 Å². The summed E-state index contributed by atoms with van der Waals surface area (Å²) in [6.45, 7) is 2.30. The lowest BCUT2D eigenvalue weighted by Gasteiger charge is -2.09. The number of pyridine rings is 1. The zero-order chi connectivity index (χ0) is 20.9. The van der Waals surface area contributed by atoms with Crippen LogP contribution < -0.4 is 10.4 Å². The highest BCUT2D eigenvalue weighted by Gasteiger charge is 2.09. The molecule has 6 heteroatoms. The Morgan fingerprint density at radius 2 is 1.83 bits per heavy atom. The van der Waals surface area contributed by atoms with Crippen molar-refractivity contribution in [3.8, 4) is 5.75 Å². The summed E-state index contributed by atoms with van der Waals surface area (Å²) >= 11 is 0. The molecule has 0 aliphatic carbocycles. The van der Waals surface area contributed by atoms with Crippen LogP contribution in [-0.2, 0) is 18.0 Å². The maximum absolute atomic E-state index is 12.2. The molecule has 0 saturated carbocycles. The Balaban J connectivity index is 1.37. The summed E-state index contributed by atoms with van der Waals surface area (Å²) < 4.78 is 16.3. The van der Waals surface area contributed by atoms with Crippen molar-refractivity contribution in [1.29, 1.82) is 0 Å². The van der Waals surface area contributed by atoms with Crippen LogP contribution in [0.5, 0.6) is 5.75 Å². The van der Waals surface area contributed by atoms with E-state index in [9.17, 15) is 9.59 Å². The van der Waals surface area contributed by atoms with Crippen LogP contribution in [0.1, 0.15) is 27.2 Å². The average Bonchev–Trinajstić information content (AvgIpc) is 2.76. The first kappa shape index (κ1) is 19.4. The van der Waals surface area contributed by atoms with Crippen molar-refractivity contribution >= 4 is 16.9 Å². The first-order valence-electron chi connectivity index (χ1n) is 9.42. The largest absolute Gasteiger partial charge is 0.489 e. The van der Waals surface area contributed by atoms with Gasteiger partial charge in [0.1, 0.15) is 24.5 Å². The molecule has 0 aliphatic heterocycles. The number of rotatable bonds is 6. The maximum atomic E-state index is 12.2. The fraction of sp³-hybridized carbons (Fsp3) is 0.125. The van der Waals surface area contributed by atoms with Gasteiger partial charge in [-0.1, -0.05) is 18.2 Å². The molecule has 0 fully saturated rings. The first-order chi connectivity index (χ1) is 14.6. The quantitative estimate of drug-likeness (QED) is 0.351. The van der Waals surface area contributed by atoms with Crippen molar-refractivity contribution in [3.05, 3.63) is 106 Å². The van der Waals surface area contributed by atoms with Crippen molar-refractivity contribution in [1.82, 2.24) is 4.98 Å². The number of nitrogens with zero attached hydrogens (tertiary/aromatic N) is 1. The van der Waals surface area contributed by atoms with E-state index in [2.05, 4.69) is 4.98 Å². The number of hydrogen-bond acceptors (Lipinski definition) is 6. The van der Waals surface area contributed by atoms with Crippen LogP contribution in [0.2, 0.25) is 0 Å². The molecule has 4 aromatic rings. The summed E-state index contributed by atoms with van der Waals surface area (Å²) in [6, 6.07) is 19.3. The zero-order valence-corrected chi connectivity index (χ0v) is 16.3. The van der Waals surface area contributed by atoms with Gasteiger partial charge in [-0.25, -0.2) is 9.59 Å². The van der Waals surface area contributed by atoms with Gasteiger partial charge in [-0.15, -0.1) is 0 Å². The van der Waals surface area contributed by atoms with E-state index in [4.69, 9.17) is 13.9 Å². The third-order valence-corrected chi connectivity index (χ3v) is 4.60. The second-order valence-corrected chi connectivity index (χ2v) is 6.79. The van der Waals surface area contributed by atoms with E-state index in [1.165, 1.54) is 6.07 Å². The summed E-state index contributed by atoms with van der Waals surface area (Å²) in [6.07, 6.45) is 1.66. The highest BCUT2D eigenvalue weighted by atomic mass is 16.5. The maximum Gasteiger partial charge on any atom is 0.338 e. The van der Waals surface area contributed by atoms with Crippen LogP contribution >= 0.6 is 0 Å². The van der Waals surface area contributed by atoms with Crippen LogP contribution in [0.25, 0.3) is 11.0 Å². The molecule has 0 bridgehead atoms. The van der Waals surface area contributed by atoms with E-state index >= 15 is 0 Å².